The van der Waals surface area contributed by atoms with E-state index in [0.29, 0.717) is 11.5 Å². The molecule has 0 aliphatic heterocycles. The van der Waals surface area contributed by atoms with Crippen molar-refractivity contribution in [3.05, 3.63) is 71.3 Å². The average molecular weight is 269 g/mol. The van der Waals surface area contributed by atoms with E-state index in [2.05, 4.69) is 36.5 Å². The Balaban J connectivity index is 1.82. The number of carboxylic acids is 1. The Morgan fingerprint density at radius 2 is 1.75 bits per heavy atom. The molecule has 3 nitrogen and oxygen atoms in total. The van der Waals surface area contributed by atoms with Crippen LogP contribution in [0.5, 0.6) is 0 Å². The van der Waals surface area contributed by atoms with Crippen LogP contribution >= 0.6 is 0 Å². The zero-order valence-electron chi connectivity index (χ0n) is 11.5. The number of benzene rings is 2. The SMILES string of the molecule is C[C@@H](CNCc1ccc(C(=O)O)cc1)c1ccccc1. The lowest BCUT2D eigenvalue weighted by molar-refractivity contribution is 0.0697. The third kappa shape index (κ3) is 3.93. The van der Waals surface area contributed by atoms with E-state index >= 15 is 0 Å². The highest BCUT2D eigenvalue weighted by Gasteiger charge is 2.05. The maximum atomic E-state index is 10.8. The summed E-state index contributed by atoms with van der Waals surface area (Å²) in [6.07, 6.45) is 0. The first kappa shape index (κ1) is 14.3. The zero-order chi connectivity index (χ0) is 14.4. The van der Waals surface area contributed by atoms with Crippen molar-refractivity contribution in [3.8, 4) is 0 Å². The van der Waals surface area contributed by atoms with Crippen molar-refractivity contribution < 1.29 is 9.90 Å². The number of hydrogen-bond acceptors (Lipinski definition) is 2. The van der Waals surface area contributed by atoms with Gasteiger partial charge < -0.3 is 10.4 Å². The Bertz CT molecular complexity index is 549. The molecule has 0 fully saturated rings. The van der Waals surface area contributed by atoms with Gasteiger partial charge in [-0.15, -0.1) is 0 Å². The van der Waals surface area contributed by atoms with Gasteiger partial charge in [0.2, 0.25) is 0 Å². The highest BCUT2D eigenvalue weighted by Crippen LogP contribution is 2.13. The monoisotopic (exact) mass is 269 g/mol. The lowest BCUT2D eigenvalue weighted by Gasteiger charge is -2.13. The summed E-state index contributed by atoms with van der Waals surface area (Å²) in [5.41, 5.74) is 2.74. The predicted octanol–water partition coefficient (Wildman–Crippen LogP) is 3.28. The van der Waals surface area contributed by atoms with Crippen molar-refractivity contribution in [1.29, 1.82) is 0 Å². The first-order chi connectivity index (χ1) is 9.66. The average Bonchev–Trinajstić information content (AvgIpc) is 2.48. The summed E-state index contributed by atoms with van der Waals surface area (Å²) >= 11 is 0. The molecule has 0 saturated heterocycles. The van der Waals surface area contributed by atoms with E-state index in [1.54, 1.807) is 12.1 Å². The minimum atomic E-state index is -0.887. The van der Waals surface area contributed by atoms with Crippen LogP contribution in [0.3, 0.4) is 0 Å². The second-order valence-corrected chi connectivity index (χ2v) is 4.94. The summed E-state index contributed by atoms with van der Waals surface area (Å²) < 4.78 is 0. The summed E-state index contributed by atoms with van der Waals surface area (Å²) in [5.74, 6) is -0.434. The third-order valence-electron chi connectivity index (χ3n) is 3.35. The quantitative estimate of drug-likeness (QED) is 0.846. The number of rotatable bonds is 6. The molecule has 0 radical (unpaired) electrons. The molecule has 20 heavy (non-hydrogen) atoms. The van der Waals surface area contributed by atoms with Crippen molar-refractivity contribution in [3.63, 3.8) is 0 Å². The Hall–Kier alpha value is -2.13. The zero-order valence-corrected chi connectivity index (χ0v) is 11.5. The van der Waals surface area contributed by atoms with Crippen LogP contribution in [0.4, 0.5) is 0 Å². The molecule has 3 heteroatoms. The number of aromatic carboxylic acids is 1. The van der Waals surface area contributed by atoms with Gasteiger partial charge in [-0.2, -0.15) is 0 Å². The molecular weight excluding hydrogens is 250 g/mol. The Kier molecular flexibility index (Phi) is 4.91. The van der Waals surface area contributed by atoms with Gasteiger partial charge in [0.25, 0.3) is 0 Å². The first-order valence-electron chi connectivity index (χ1n) is 6.74. The second kappa shape index (κ2) is 6.87. The standard InChI is InChI=1S/C17H19NO2/c1-13(15-5-3-2-4-6-15)11-18-12-14-7-9-16(10-8-14)17(19)20/h2-10,13,18H,11-12H2,1H3,(H,19,20)/t13-/m0/s1. The molecular formula is C17H19NO2. The van der Waals surface area contributed by atoms with Crippen LogP contribution in [0.25, 0.3) is 0 Å². The molecule has 0 heterocycles. The third-order valence-corrected chi connectivity index (χ3v) is 3.35. The van der Waals surface area contributed by atoms with Gasteiger partial charge in [-0.3, -0.25) is 0 Å². The minimum Gasteiger partial charge on any atom is -0.478 e. The molecule has 2 N–H and O–H groups in total. The van der Waals surface area contributed by atoms with Gasteiger partial charge in [0.05, 0.1) is 5.56 Å². The molecule has 0 amide bonds. The van der Waals surface area contributed by atoms with E-state index in [-0.39, 0.29) is 0 Å². The fourth-order valence-electron chi connectivity index (χ4n) is 2.10. The number of carboxylic acid groups (broad SMARTS) is 1. The van der Waals surface area contributed by atoms with Crippen LogP contribution in [0, 0.1) is 0 Å². The predicted molar refractivity (Wildman–Crippen MR) is 80.0 cm³/mol. The van der Waals surface area contributed by atoms with Gasteiger partial charge in [0, 0.05) is 13.1 Å². The normalized spacial score (nSPS) is 12.1. The van der Waals surface area contributed by atoms with Gasteiger partial charge in [-0.25, -0.2) is 4.79 Å². The van der Waals surface area contributed by atoms with Crippen LogP contribution in [-0.2, 0) is 6.54 Å². The molecule has 2 rings (SSSR count). The molecule has 0 aliphatic carbocycles. The van der Waals surface area contributed by atoms with Gasteiger partial charge in [-0.05, 0) is 29.2 Å². The molecule has 1 atom stereocenters. The largest absolute Gasteiger partial charge is 0.478 e. The molecule has 0 unspecified atom stereocenters. The summed E-state index contributed by atoms with van der Waals surface area (Å²) in [5, 5.41) is 12.2. The van der Waals surface area contributed by atoms with Crippen molar-refractivity contribution in [1.82, 2.24) is 5.32 Å². The van der Waals surface area contributed by atoms with Crippen LogP contribution in [0.15, 0.2) is 54.6 Å². The molecule has 0 bridgehead atoms. The highest BCUT2D eigenvalue weighted by molar-refractivity contribution is 5.87. The molecule has 2 aromatic rings. The molecule has 0 saturated carbocycles. The van der Waals surface area contributed by atoms with E-state index < -0.39 is 5.97 Å². The van der Waals surface area contributed by atoms with Crippen molar-refractivity contribution in [2.24, 2.45) is 0 Å². The Morgan fingerprint density at radius 3 is 2.35 bits per heavy atom. The topological polar surface area (TPSA) is 49.3 Å². The summed E-state index contributed by atoms with van der Waals surface area (Å²) in [6, 6.07) is 17.4. The fourth-order valence-corrected chi connectivity index (χ4v) is 2.10. The van der Waals surface area contributed by atoms with Gasteiger partial charge in [0.1, 0.15) is 0 Å². The van der Waals surface area contributed by atoms with Crippen LogP contribution in [0.1, 0.15) is 34.3 Å². The van der Waals surface area contributed by atoms with Crippen molar-refractivity contribution in [2.45, 2.75) is 19.4 Å². The van der Waals surface area contributed by atoms with Gasteiger partial charge in [-0.1, -0.05) is 49.4 Å². The number of carbonyl (C=O) groups is 1. The van der Waals surface area contributed by atoms with E-state index in [9.17, 15) is 4.79 Å². The summed E-state index contributed by atoms with van der Waals surface area (Å²) in [6.45, 7) is 3.83. The number of nitrogens with one attached hydrogen (secondary N) is 1. The summed E-state index contributed by atoms with van der Waals surface area (Å²) in [7, 11) is 0. The molecule has 0 aromatic heterocycles. The Labute approximate surface area is 119 Å². The lowest BCUT2D eigenvalue weighted by atomic mass is 10.0. The summed E-state index contributed by atoms with van der Waals surface area (Å²) in [4.78, 5) is 10.8. The maximum absolute atomic E-state index is 10.8. The van der Waals surface area contributed by atoms with Crippen molar-refractivity contribution >= 4 is 5.97 Å². The van der Waals surface area contributed by atoms with E-state index in [1.165, 1.54) is 5.56 Å². The number of hydrogen-bond donors (Lipinski definition) is 2. The Morgan fingerprint density at radius 1 is 1.10 bits per heavy atom. The van der Waals surface area contributed by atoms with Gasteiger partial charge in [0.15, 0.2) is 0 Å². The molecule has 2 aromatic carbocycles. The molecule has 0 aliphatic rings. The van der Waals surface area contributed by atoms with E-state index in [1.807, 2.05) is 18.2 Å². The second-order valence-electron chi connectivity index (χ2n) is 4.94. The molecule has 104 valence electrons. The van der Waals surface area contributed by atoms with Crippen LogP contribution in [0.2, 0.25) is 0 Å². The fraction of sp³-hybridized carbons (Fsp3) is 0.235. The van der Waals surface area contributed by atoms with E-state index in [4.69, 9.17) is 5.11 Å². The molecule has 0 spiro atoms. The lowest BCUT2D eigenvalue weighted by Crippen LogP contribution is -2.19. The first-order valence-corrected chi connectivity index (χ1v) is 6.74. The van der Waals surface area contributed by atoms with Gasteiger partial charge >= 0.3 is 5.97 Å². The maximum Gasteiger partial charge on any atom is 0.335 e. The smallest absolute Gasteiger partial charge is 0.335 e. The van der Waals surface area contributed by atoms with Crippen molar-refractivity contribution in [2.75, 3.05) is 6.54 Å². The van der Waals surface area contributed by atoms with Crippen LogP contribution in [-0.4, -0.2) is 17.6 Å². The minimum absolute atomic E-state index is 0.325. The highest BCUT2D eigenvalue weighted by atomic mass is 16.4. The van der Waals surface area contributed by atoms with E-state index in [0.717, 1.165) is 18.7 Å². The van der Waals surface area contributed by atoms with Crippen LogP contribution < -0.4 is 5.32 Å².